The number of imide groups is 1. The van der Waals surface area contributed by atoms with Crippen LogP contribution in [0.2, 0.25) is 0 Å². The highest BCUT2D eigenvalue weighted by Crippen LogP contribution is 2.29. The van der Waals surface area contributed by atoms with Crippen LogP contribution in [0, 0.1) is 10.1 Å². The second-order valence-corrected chi connectivity index (χ2v) is 6.83. The van der Waals surface area contributed by atoms with Crippen LogP contribution >= 0.6 is 0 Å². The highest BCUT2D eigenvalue weighted by molar-refractivity contribution is 6.21. The minimum absolute atomic E-state index is 0.0498. The van der Waals surface area contributed by atoms with Crippen molar-refractivity contribution < 1.29 is 28.5 Å². The third-order valence-electron chi connectivity index (χ3n) is 4.85. The molecule has 0 unspecified atom stereocenters. The molecule has 4 rings (SSSR count). The maximum Gasteiger partial charge on any atom is 0.411 e. The lowest BCUT2D eigenvalue weighted by atomic mass is 10.1. The summed E-state index contributed by atoms with van der Waals surface area (Å²) in [5.74, 6) is -1.32. The van der Waals surface area contributed by atoms with E-state index in [1.54, 1.807) is 19.1 Å². The summed E-state index contributed by atoms with van der Waals surface area (Å²) in [6.45, 7) is 1.59. The minimum atomic E-state index is -0.715. The highest BCUT2D eigenvalue weighted by Gasteiger charge is 2.37. The molecule has 162 valence electrons. The highest BCUT2D eigenvalue weighted by atomic mass is 16.6. The first-order valence-corrected chi connectivity index (χ1v) is 9.43. The van der Waals surface area contributed by atoms with Crippen molar-refractivity contribution in [2.75, 3.05) is 11.9 Å². The molecule has 0 saturated heterocycles. The maximum absolute atomic E-state index is 12.8. The second kappa shape index (κ2) is 7.95. The van der Waals surface area contributed by atoms with E-state index in [0.717, 1.165) is 23.1 Å². The summed E-state index contributed by atoms with van der Waals surface area (Å²) in [5.41, 5.74) is -0.250. The molecule has 0 bridgehead atoms. The van der Waals surface area contributed by atoms with Crippen LogP contribution in [-0.2, 0) is 11.3 Å². The Hall–Kier alpha value is -4.54. The summed E-state index contributed by atoms with van der Waals surface area (Å²) in [7, 11) is 0. The molecule has 1 aliphatic heterocycles. The number of carbonyl (C=O) groups excluding carboxylic acids is 3. The van der Waals surface area contributed by atoms with Crippen LogP contribution in [0.3, 0.4) is 0 Å². The molecular formula is C21H15N3O8. The molecule has 0 fully saturated rings. The number of nitro groups is 1. The molecule has 0 saturated carbocycles. The lowest BCUT2D eigenvalue weighted by Gasteiger charge is -2.15. The zero-order valence-corrected chi connectivity index (χ0v) is 16.6. The molecule has 2 aromatic carbocycles. The number of amides is 3. The molecule has 11 heteroatoms. The number of ether oxygens (including phenoxy) is 1. The van der Waals surface area contributed by atoms with Gasteiger partial charge in [0.25, 0.3) is 17.5 Å². The predicted molar refractivity (Wildman–Crippen MR) is 110 cm³/mol. The van der Waals surface area contributed by atoms with Crippen molar-refractivity contribution >= 4 is 40.3 Å². The predicted octanol–water partition coefficient (Wildman–Crippen LogP) is 3.07. The van der Waals surface area contributed by atoms with Crippen molar-refractivity contribution in [3.8, 4) is 0 Å². The fourth-order valence-electron chi connectivity index (χ4n) is 3.43. The standard InChI is InChI=1S/C21H15N3O8/c1-2-31-21(28)22-12-3-5-14-11(7-18(25)32-17(14)8-12)10-23-19(26)15-6-4-13(24(29)30)9-16(15)20(23)27/h3-9H,2,10H2,1H3,(H,22,28). The van der Waals surface area contributed by atoms with Crippen LogP contribution in [0.15, 0.2) is 51.7 Å². The van der Waals surface area contributed by atoms with Crippen molar-refractivity contribution in [3.05, 3.63) is 79.7 Å². The van der Waals surface area contributed by atoms with Gasteiger partial charge in [0.05, 0.1) is 29.2 Å². The van der Waals surface area contributed by atoms with Gasteiger partial charge in [0, 0.05) is 35.3 Å². The van der Waals surface area contributed by atoms with Gasteiger partial charge in [0.2, 0.25) is 0 Å². The number of anilines is 1. The van der Waals surface area contributed by atoms with Crippen molar-refractivity contribution in [1.29, 1.82) is 0 Å². The van der Waals surface area contributed by atoms with Crippen LogP contribution < -0.4 is 10.9 Å². The van der Waals surface area contributed by atoms with E-state index in [4.69, 9.17) is 9.15 Å². The Kier molecular flexibility index (Phi) is 5.15. The molecule has 1 aliphatic rings. The van der Waals surface area contributed by atoms with Crippen LogP contribution in [-0.4, -0.2) is 34.3 Å². The molecule has 0 aliphatic carbocycles. The molecule has 32 heavy (non-hydrogen) atoms. The van der Waals surface area contributed by atoms with E-state index in [0.29, 0.717) is 16.6 Å². The van der Waals surface area contributed by atoms with E-state index in [-0.39, 0.29) is 35.5 Å². The molecule has 2 heterocycles. The van der Waals surface area contributed by atoms with Crippen LogP contribution in [0.4, 0.5) is 16.2 Å². The van der Waals surface area contributed by atoms with Gasteiger partial charge < -0.3 is 9.15 Å². The Morgan fingerprint density at radius 2 is 1.84 bits per heavy atom. The number of nitro benzene ring substituents is 1. The SMILES string of the molecule is CCOC(=O)Nc1ccc2c(CN3C(=O)c4ccc([N+](=O)[O-])cc4C3=O)cc(=O)oc2c1. The van der Waals surface area contributed by atoms with E-state index in [1.807, 2.05) is 0 Å². The number of hydrogen-bond donors (Lipinski definition) is 1. The second-order valence-electron chi connectivity index (χ2n) is 6.83. The minimum Gasteiger partial charge on any atom is -0.450 e. The van der Waals surface area contributed by atoms with Crippen LogP contribution in [0.25, 0.3) is 11.0 Å². The molecule has 1 aromatic heterocycles. The van der Waals surface area contributed by atoms with E-state index in [9.17, 15) is 29.3 Å². The van der Waals surface area contributed by atoms with Gasteiger partial charge in [-0.1, -0.05) is 0 Å². The Morgan fingerprint density at radius 1 is 1.09 bits per heavy atom. The molecule has 3 aromatic rings. The lowest BCUT2D eigenvalue weighted by Crippen LogP contribution is -2.29. The molecule has 11 nitrogen and oxygen atoms in total. The van der Waals surface area contributed by atoms with Gasteiger partial charge in [0.1, 0.15) is 5.58 Å². The molecule has 3 amide bonds. The number of carbonyl (C=O) groups is 3. The number of hydrogen-bond acceptors (Lipinski definition) is 8. The average molecular weight is 437 g/mol. The molecular weight excluding hydrogens is 422 g/mol. The van der Waals surface area contributed by atoms with Crippen molar-refractivity contribution in [2.24, 2.45) is 0 Å². The molecule has 0 atom stereocenters. The number of non-ortho nitro benzene ring substituents is 1. The monoisotopic (exact) mass is 437 g/mol. The fraction of sp³-hybridized carbons (Fsp3) is 0.143. The quantitative estimate of drug-likeness (QED) is 0.277. The number of benzene rings is 2. The Balaban J connectivity index is 1.67. The first-order chi connectivity index (χ1) is 15.3. The summed E-state index contributed by atoms with van der Waals surface area (Å²) >= 11 is 0. The molecule has 0 radical (unpaired) electrons. The van der Waals surface area contributed by atoms with Gasteiger partial charge in [-0.3, -0.25) is 29.9 Å². The van der Waals surface area contributed by atoms with Gasteiger partial charge in [-0.05, 0) is 30.7 Å². The smallest absolute Gasteiger partial charge is 0.411 e. The molecule has 0 spiro atoms. The first kappa shape index (κ1) is 20.7. The van der Waals surface area contributed by atoms with Gasteiger partial charge in [-0.15, -0.1) is 0 Å². The first-order valence-electron chi connectivity index (χ1n) is 9.43. The summed E-state index contributed by atoms with van der Waals surface area (Å²) in [4.78, 5) is 60.4. The van der Waals surface area contributed by atoms with Crippen molar-refractivity contribution in [1.82, 2.24) is 4.90 Å². The third-order valence-corrected chi connectivity index (χ3v) is 4.85. The van der Waals surface area contributed by atoms with E-state index in [2.05, 4.69) is 5.32 Å². The van der Waals surface area contributed by atoms with Gasteiger partial charge >= 0.3 is 11.7 Å². The maximum atomic E-state index is 12.8. The van der Waals surface area contributed by atoms with Crippen molar-refractivity contribution in [3.63, 3.8) is 0 Å². The Bertz CT molecular complexity index is 1360. The normalized spacial score (nSPS) is 12.7. The summed E-state index contributed by atoms with van der Waals surface area (Å²) < 4.78 is 10.0. The van der Waals surface area contributed by atoms with Crippen molar-refractivity contribution in [2.45, 2.75) is 13.5 Å². The lowest BCUT2D eigenvalue weighted by molar-refractivity contribution is -0.384. The fourth-order valence-corrected chi connectivity index (χ4v) is 3.43. The number of fused-ring (bicyclic) bond motifs is 2. The Labute approximate surface area is 179 Å². The van der Waals surface area contributed by atoms with Gasteiger partial charge in [-0.2, -0.15) is 0 Å². The summed E-state index contributed by atoms with van der Waals surface area (Å²) in [5, 5.41) is 13.9. The van der Waals surface area contributed by atoms with E-state index < -0.39 is 28.5 Å². The van der Waals surface area contributed by atoms with Crippen LogP contribution in [0.1, 0.15) is 33.2 Å². The number of nitrogens with zero attached hydrogens (tertiary/aromatic N) is 2. The Morgan fingerprint density at radius 3 is 2.56 bits per heavy atom. The summed E-state index contributed by atoms with van der Waals surface area (Å²) in [6.07, 6.45) is -0.675. The van der Waals surface area contributed by atoms with Gasteiger partial charge in [-0.25, -0.2) is 9.59 Å². The zero-order chi connectivity index (χ0) is 23.0. The molecule has 1 N–H and O–H groups in total. The average Bonchev–Trinajstić information content (AvgIpc) is 2.98. The number of nitrogens with one attached hydrogen (secondary N) is 1. The third kappa shape index (κ3) is 3.67. The zero-order valence-electron chi connectivity index (χ0n) is 16.6. The van der Waals surface area contributed by atoms with E-state index >= 15 is 0 Å². The largest absolute Gasteiger partial charge is 0.450 e. The van der Waals surface area contributed by atoms with E-state index in [1.165, 1.54) is 12.1 Å². The van der Waals surface area contributed by atoms with Gasteiger partial charge in [0.15, 0.2) is 0 Å². The van der Waals surface area contributed by atoms with Crippen LogP contribution in [0.5, 0.6) is 0 Å². The number of rotatable bonds is 5. The topological polar surface area (TPSA) is 149 Å². The summed E-state index contributed by atoms with van der Waals surface area (Å²) in [6, 6.07) is 9.14.